The fourth-order valence-electron chi connectivity index (χ4n) is 5.11. The maximum atomic E-state index is 13.3. The zero-order valence-electron chi connectivity index (χ0n) is 19.1. The van der Waals surface area contributed by atoms with Crippen molar-refractivity contribution in [3.63, 3.8) is 0 Å². The van der Waals surface area contributed by atoms with Crippen molar-refractivity contribution in [2.24, 2.45) is 0 Å². The van der Waals surface area contributed by atoms with E-state index in [9.17, 15) is 18.0 Å². The quantitative estimate of drug-likeness (QED) is 0.588. The number of amides is 2. The van der Waals surface area contributed by atoms with Gasteiger partial charge in [-0.15, -0.1) is 11.8 Å². The molecule has 2 fully saturated rings. The molecule has 1 atom stereocenters. The van der Waals surface area contributed by atoms with Gasteiger partial charge in [0, 0.05) is 49.3 Å². The van der Waals surface area contributed by atoms with Gasteiger partial charge in [0.1, 0.15) is 0 Å². The van der Waals surface area contributed by atoms with Crippen molar-refractivity contribution >= 4 is 39.1 Å². The Balaban J connectivity index is 1.20. The summed E-state index contributed by atoms with van der Waals surface area (Å²) in [6.45, 7) is 3.24. The van der Waals surface area contributed by atoms with Crippen LogP contribution in [-0.4, -0.2) is 86.1 Å². The normalized spacial score (nSPS) is 22.1. The molecule has 0 spiro atoms. The lowest BCUT2D eigenvalue weighted by Gasteiger charge is -2.37. The lowest BCUT2D eigenvalue weighted by Crippen LogP contribution is -2.52. The van der Waals surface area contributed by atoms with Crippen molar-refractivity contribution < 1.29 is 18.0 Å². The highest BCUT2D eigenvalue weighted by Gasteiger charge is 2.34. The predicted octanol–water partition coefficient (Wildman–Crippen LogP) is 2.31. The predicted molar refractivity (Wildman–Crippen MR) is 134 cm³/mol. The molecule has 0 N–H and O–H groups in total. The first-order chi connectivity index (χ1) is 16.4. The number of piperazine rings is 1. The standard InChI is InChI=1S/C25H29N3O4S2/c29-24(28-11-9-19-5-1-3-7-22(19)28)17-33-23-8-4-2-6-21(23)25(30)27-14-12-26(13-15-27)20-10-16-34(31,32)18-20/h1-8,20H,9-18H2. The third kappa shape index (κ3) is 4.87. The smallest absolute Gasteiger partial charge is 0.255 e. The second kappa shape index (κ2) is 9.71. The van der Waals surface area contributed by atoms with Crippen molar-refractivity contribution in [3.05, 3.63) is 59.7 Å². The van der Waals surface area contributed by atoms with Gasteiger partial charge in [-0.3, -0.25) is 14.5 Å². The molecule has 9 heteroatoms. The highest BCUT2D eigenvalue weighted by atomic mass is 32.2. The van der Waals surface area contributed by atoms with Crippen LogP contribution in [0.25, 0.3) is 0 Å². The van der Waals surface area contributed by atoms with Gasteiger partial charge in [-0.1, -0.05) is 30.3 Å². The molecule has 2 amide bonds. The maximum Gasteiger partial charge on any atom is 0.255 e. The molecule has 5 rings (SSSR count). The van der Waals surface area contributed by atoms with Crippen LogP contribution in [0.4, 0.5) is 5.69 Å². The third-order valence-corrected chi connectivity index (χ3v) is 9.79. The summed E-state index contributed by atoms with van der Waals surface area (Å²) in [6.07, 6.45) is 1.56. The molecule has 3 aliphatic heterocycles. The van der Waals surface area contributed by atoms with Gasteiger partial charge in [0.25, 0.3) is 5.91 Å². The van der Waals surface area contributed by atoms with Crippen LogP contribution in [0, 0.1) is 0 Å². The molecule has 2 saturated heterocycles. The fraction of sp³-hybridized carbons (Fsp3) is 0.440. The molecule has 0 aromatic heterocycles. The summed E-state index contributed by atoms with van der Waals surface area (Å²) >= 11 is 1.41. The van der Waals surface area contributed by atoms with E-state index in [1.165, 1.54) is 17.3 Å². The Bertz CT molecular complexity index is 1190. The number of benzene rings is 2. The highest BCUT2D eigenvalue weighted by molar-refractivity contribution is 8.00. The summed E-state index contributed by atoms with van der Waals surface area (Å²) in [5.74, 6) is 0.805. The molecule has 1 unspecified atom stereocenters. The first kappa shape index (κ1) is 23.4. The van der Waals surface area contributed by atoms with Crippen molar-refractivity contribution in [2.45, 2.75) is 23.8 Å². The van der Waals surface area contributed by atoms with E-state index in [1.807, 2.05) is 52.3 Å². The van der Waals surface area contributed by atoms with E-state index in [4.69, 9.17) is 0 Å². The van der Waals surface area contributed by atoms with Crippen molar-refractivity contribution in [2.75, 3.05) is 54.9 Å². The van der Waals surface area contributed by atoms with Gasteiger partial charge >= 0.3 is 0 Å². The minimum Gasteiger partial charge on any atom is -0.336 e. The summed E-state index contributed by atoms with van der Waals surface area (Å²) < 4.78 is 23.6. The monoisotopic (exact) mass is 499 g/mol. The van der Waals surface area contributed by atoms with E-state index in [2.05, 4.69) is 11.0 Å². The molecule has 7 nitrogen and oxygen atoms in total. The van der Waals surface area contributed by atoms with E-state index < -0.39 is 9.84 Å². The second-order valence-electron chi connectivity index (χ2n) is 9.09. The lowest BCUT2D eigenvalue weighted by atomic mass is 10.1. The Labute approximate surface area is 205 Å². The number of hydrogen-bond donors (Lipinski definition) is 0. The zero-order valence-corrected chi connectivity index (χ0v) is 20.7. The number of fused-ring (bicyclic) bond motifs is 1. The van der Waals surface area contributed by atoms with Gasteiger partial charge in [0.2, 0.25) is 5.91 Å². The van der Waals surface area contributed by atoms with Crippen molar-refractivity contribution in [3.8, 4) is 0 Å². The van der Waals surface area contributed by atoms with Crippen LogP contribution in [0.15, 0.2) is 53.4 Å². The Kier molecular flexibility index (Phi) is 6.68. The Morgan fingerprint density at radius 1 is 0.941 bits per heavy atom. The molecular formula is C25H29N3O4S2. The van der Waals surface area contributed by atoms with Crippen LogP contribution in [0.5, 0.6) is 0 Å². The maximum absolute atomic E-state index is 13.3. The summed E-state index contributed by atoms with van der Waals surface area (Å²) in [5.41, 5.74) is 2.81. The molecule has 3 aliphatic rings. The molecule has 0 bridgehead atoms. The van der Waals surface area contributed by atoms with E-state index >= 15 is 0 Å². The molecule has 180 valence electrons. The molecule has 0 radical (unpaired) electrons. The van der Waals surface area contributed by atoms with E-state index in [-0.39, 0.29) is 35.1 Å². The van der Waals surface area contributed by atoms with Crippen LogP contribution in [-0.2, 0) is 21.1 Å². The average molecular weight is 500 g/mol. The second-order valence-corrected chi connectivity index (χ2v) is 12.3. The first-order valence-electron chi connectivity index (χ1n) is 11.8. The van der Waals surface area contributed by atoms with Crippen LogP contribution in [0.2, 0.25) is 0 Å². The van der Waals surface area contributed by atoms with Crippen molar-refractivity contribution in [1.82, 2.24) is 9.80 Å². The van der Waals surface area contributed by atoms with Crippen LogP contribution < -0.4 is 4.90 Å². The van der Waals surface area contributed by atoms with Gasteiger partial charge in [-0.2, -0.15) is 0 Å². The van der Waals surface area contributed by atoms with E-state index in [1.54, 1.807) is 0 Å². The molecule has 2 aromatic carbocycles. The minimum absolute atomic E-state index is 0.0271. The largest absolute Gasteiger partial charge is 0.336 e. The Hall–Kier alpha value is -2.36. The molecule has 0 aliphatic carbocycles. The summed E-state index contributed by atoms with van der Waals surface area (Å²) in [4.78, 5) is 33.0. The Morgan fingerprint density at radius 2 is 1.68 bits per heavy atom. The summed E-state index contributed by atoms with van der Waals surface area (Å²) in [7, 11) is -2.92. The number of anilines is 1. The van der Waals surface area contributed by atoms with Gasteiger partial charge in [0.05, 0.1) is 22.8 Å². The van der Waals surface area contributed by atoms with Crippen LogP contribution in [0.3, 0.4) is 0 Å². The number of para-hydroxylation sites is 1. The molecule has 0 saturated carbocycles. The summed E-state index contributed by atoms with van der Waals surface area (Å²) in [5, 5.41) is 0. The van der Waals surface area contributed by atoms with E-state index in [0.717, 1.165) is 17.0 Å². The van der Waals surface area contributed by atoms with Gasteiger partial charge in [-0.25, -0.2) is 8.42 Å². The fourth-order valence-corrected chi connectivity index (χ4v) is 7.79. The molecule has 3 heterocycles. The van der Waals surface area contributed by atoms with Crippen LogP contribution in [0.1, 0.15) is 22.3 Å². The zero-order chi connectivity index (χ0) is 23.7. The average Bonchev–Trinajstić information content (AvgIpc) is 3.45. The molecular weight excluding hydrogens is 470 g/mol. The Morgan fingerprint density at radius 3 is 2.44 bits per heavy atom. The third-order valence-electron chi connectivity index (χ3n) is 6.98. The molecule has 34 heavy (non-hydrogen) atoms. The van der Waals surface area contributed by atoms with E-state index in [0.29, 0.717) is 44.7 Å². The van der Waals surface area contributed by atoms with Gasteiger partial charge < -0.3 is 9.80 Å². The first-order valence-corrected chi connectivity index (χ1v) is 14.6. The lowest BCUT2D eigenvalue weighted by molar-refractivity contribution is -0.116. The number of hydrogen-bond acceptors (Lipinski definition) is 6. The van der Waals surface area contributed by atoms with Crippen molar-refractivity contribution in [1.29, 1.82) is 0 Å². The number of rotatable bonds is 5. The number of sulfone groups is 1. The SMILES string of the molecule is O=C(c1ccccc1SCC(=O)N1CCc2ccccc21)N1CCN(C2CCS(=O)(=O)C2)CC1. The topological polar surface area (TPSA) is 78.0 Å². The number of nitrogens with zero attached hydrogens (tertiary/aromatic N) is 3. The number of carbonyl (C=O) groups excluding carboxylic acids is 2. The number of thioether (sulfide) groups is 1. The number of carbonyl (C=O) groups is 2. The summed E-state index contributed by atoms with van der Waals surface area (Å²) in [6, 6.07) is 15.6. The van der Waals surface area contributed by atoms with Gasteiger partial charge in [-0.05, 0) is 36.6 Å². The van der Waals surface area contributed by atoms with Gasteiger partial charge in [0.15, 0.2) is 9.84 Å². The molecule has 2 aromatic rings. The van der Waals surface area contributed by atoms with Crippen LogP contribution >= 0.6 is 11.8 Å². The highest BCUT2D eigenvalue weighted by Crippen LogP contribution is 2.30. The minimum atomic E-state index is -2.92.